The lowest BCUT2D eigenvalue weighted by Gasteiger charge is -2.18. The Morgan fingerprint density at radius 3 is 2.46 bits per heavy atom. The average Bonchev–Trinajstić information content (AvgIpc) is 2.15. The molecule has 0 unspecified atom stereocenters. The number of aliphatic carboxylic acids is 1. The first-order valence-corrected chi connectivity index (χ1v) is 4.23. The van der Waals surface area contributed by atoms with Gasteiger partial charge in [0.05, 0.1) is 0 Å². The predicted octanol–water partition coefficient (Wildman–Crippen LogP) is 0.623. The van der Waals surface area contributed by atoms with Crippen molar-refractivity contribution in [1.82, 2.24) is 0 Å². The predicted molar refractivity (Wildman–Crippen MR) is 45.3 cm³/mol. The maximum atomic E-state index is 10.7. The SMILES string of the molecule is O=C(O)C(=O)/C=C/C1CCOCC1. The third-order valence-corrected chi connectivity index (χ3v) is 2.00. The van der Waals surface area contributed by atoms with Gasteiger partial charge in [0.15, 0.2) is 0 Å². The summed E-state index contributed by atoms with van der Waals surface area (Å²) in [5.41, 5.74) is 0. The molecule has 13 heavy (non-hydrogen) atoms. The zero-order valence-electron chi connectivity index (χ0n) is 7.23. The molecule has 0 radical (unpaired) electrons. The lowest BCUT2D eigenvalue weighted by atomic mass is 9.99. The minimum atomic E-state index is -1.40. The normalized spacial score (nSPS) is 19.1. The molecule has 0 bridgehead atoms. The van der Waals surface area contributed by atoms with Gasteiger partial charge < -0.3 is 9.84 Å². The van der Waals surface area contributed by atoms with Gasteiger partial charge in [-0.1, -0.05) is 6.08 Å². The molecule has 72 valence electrons. The smallest absolute Gasteiger partial charge is 0.376 e. The number of ketones is 1. The molecule has 0 aromatic heterocycles. The highest BCUT2D eigenvalue weighted by Gasteiger charge is 2.12. The van der Waals surface area contributed by atoms with Crippen LogP contribution in [0.2, 0.25) is 0 Å². The minimum Gasteiger partial charge on any atom is -0.475 e. The number of carbonyl (C=O) groups excluding carboxylic acids is 1. The zero-order valence-corrected chi connectivity index (χ0v) is 7.23. The van der Waals surface area contributed by atoms with E-state index in [1.807, 2.05) is 0 Å². The van der Waals surface area contributed by atoms with Crippen LogP contribution in [0.25, 0.3) is 0 Å². The van der Waals surface area contributed by atoms with Crippen LogP contribution < -0.4 is 0 Å². The van der Waals surface area contributed by atoms with Crippen LogP contribution in [0, 0.1) is 5.92 Å². The summed E-state index contributed by atoms with van der Waals surface area (Å²) in [7, 11) is 0. The lowest BCUT2D eigenvalue weighted by molar-refractivity contribution is -0.146. The van der Waals surface area contributed by atoms with E-state index < -0.39 is 11.8 Å². The van der Waals surface area contributed by atoms with Gasteiger partial charge in [-0.05, 0) is 24.8 Å². The summed E-state index contributed by atoms with van der Waals surface area (Å²) in [4.78, 5) is 20.8. The molecule has 1 saturated heterocycles. The van der Waals surface area contributed by atoms with Crippen LogP contribution >= 0.6 is 0 Å². The number of carbonyl (C=O) groups is 2. The van der Waals surface area contributed by atoms with Gasteiger partial charge in [0, 0.05) is 13.2 Å². The summed E-state index contributed by atoms with van der Waals surface area (Å²) in [5.74, 6) is -1.97. The molecular formula is C9H12O4. The van der Waals surface area contributed by atoms with E-state index in [1.54, 1.807) is 6.08 Å². The molecule has 0 aromatic rings. The Morgan fingerprint density at radius 2 is 1.92 bits per heavy atom. The van der Waals surface area contributed by atoms with E-state index in [0.717, 1.165) is 18.9 Å². The van der Waals surface area contributed by atoms with Gasteiger partial charge in [0.25, 0.3) is 5.78 Å². The Kier molecular flexibility index (Phi) is 3.64. The number of carboxylic acids is 1. The van der Waals surface area contributed by atoms with Crippen LogP contribution in [0.15, 0.2) is 12.2 Å². The maximum absolute atomic E-state index is 10.7. The molecule has 0 aliphatic carbocycles. The molecule has 0 atom stereocenters. The minimum absolute atomic E-state index is 0.289. The highest BCUT2D eigenvalue weighted by Crippen LogP contribution is 2.15. The van der Waals surface area contributed by atoms with Crippen molar-refractivity contribution in [2.45, 2.75) is 12.8 Å². The lowest BCUT2D eigenvalue weighted by Crippen LogP contribution is -2.15. The zero-order chi connectivity index (χ0) is 9.68. The summed E-state index contributed by atoms with van der Waals surface area (Å²) in [5, 5.41) is 8.29. The van der Waals surface area contributed by atoms with E-state index in [-0.39, 0.29) is 5.92 Å². The van der Waals surface area contributed by atoms with Crippen molar-refractivity contribution in [1.29, 1.82) is 0 Å². The maximum Gasteiger partial charge on any atom is 0.376 e. The molecule has 0 saturated carbocycles. The van der Waals surface area contributed by atoms with Gasteiger partial charge in [-0.25, -0.2) is 4.79 Å². The summed E-state index contributed by atoms with van der Waals surface area (Å²) in [6.07, 6.45) is 4.53. The standard InChI is InChI=1S/C9H12O4/c10-8(9(11)12)2-1-7-3-5-13-6-4-7/h1-2,7H,3-6H2,(H,11,12)/b2-1+. The van der Waals surface area contributed by atoms with E-state index in [4.69, 9.17) is 9.84 Å². The fraction of sp³-hybridized carbons (Fsp3) is 0.556. The van der Waals surface area contributed by atoms with Crippen LogP contribution in [0.4, 0.5) is 0 Å². The second-order valence-corrected chi connectivity index (χ2v) is 2.98. The van der Waals surface area contributed by atoms with Gasteiger partial charge in [-0.2, -0.15) is 0 Å². The van der Waals surface area contributed by atoms with Gasteiger partial charge in [-0.3, -0.25) is 4.79 Å². The van der Waals surface area contributed by atoms with E-state index in [1.165, 1.54) is 0 Å². The molecule has 1 rings (SSSR count). The van der Waals surface area contributed by atoms with Crippen LogP contribution in [0.5, 0.6) is 0 Å². The molecule has 1 aliphatic rings. The van der Waals surface area contributed by atoms with Crippen molar-refractivity contribution >= 4 is 11.8 Å². The van der Waals surface area contributed by atoms with Gasteiger partial charge in [0.1, 0.15) is 0 Å². The van der Waals surface area contributed by atoms with Gasteiger partial charge >= 0.3 is 5.97 Å². The molecule has 1 heterocycles. The van der Waals surface area contributed by atoms with Crippen molar-refractivity contribution in [2.75, 3.05) is 13.2 Å². The van der Waals surface area contributed by atoms with Gasteiger partial charge in [-0.15, -0.1) is 0 Å². The van der Waals surface area contributed by atoms with Gasteiger partial charge in [0.2, 0.25) is 0 Å². The Morgan fingerprint density at radius 1 is 1.31 bits per heavy atom. The molecule has 0 spiro atoms. The van der Waals surface area contributed by atoms with E-state index in [2.05, 4.69) is 0 Å². The number of rotatable bonds is 3. The monoisotopic (exact) mass is 184 g/mol. The fourth-order valence-electron chi connectivity index (χ4n) is 1.20. The number of hydrogen-bond acceptors (Lipinski definition) is 3. The Labute approximate surface area is 76.2 Å². The highest BCUT2D eigenvalue weighted by molar-refractivity contribution is 6.37. The first kappa shape index (κ1) is 9.92. The average molecular weight is 184 g/mol. The Balaban J connectivity index is 2.37. The first-order chi connectivity index (χ1) is 6.20. The molecule has 1 aliphatic heterocycles. The summed E-state index contributed by atoms with van der Waals surface area (Å²) < 4.78 is 5.12. The first-order valence-electron chi connectivity index (χ1n) is 4.23. The van der Waals surface area contributed by atoms with Crippen molar-refractivity contribution in [2.24, 2.45) is 5.92 Å². The Bertz CT molecular complexity index is 226. The molecule has 0 aromatic carbocycles. The largest absolute Gasteiger partial charge is 0.475 e. The third-order valence-electron chi connectivity index (χ3n) is 2.00. The molecular weight excluding hydrogens is 172 g/mol. The quantitative estimate of drug-likeness (QED) is 0.516. The van der Waals surface area contributed by atoms with Crippen LogP contribution in [-0.2, 0) is 14.3 Å². The molecule has 1 fully saturated rings. The second-order valence-electron chi connectivity index (χ2n) is 2.98. The summed E-state index contributed by atoms with van der Waals surface area (Å²) in [6.45, 7) is 1.38. The third kappa shape index (κ3) is 3.38. The van der Waals surface area contributed by atoms with Crippen LogP contribution in [0.3, 0.4) is 0 Å². The van der Waals surface area contributed by atoms with Crippen molar-refractivity contribution in [3.05, 3.63) is 12.2 Å². The number of ether oxygens (including phenoxy) is 1. The number of carboxylic acid groups (broad SMARTS) is 1. The van der Waals surface area contributed by atoms with E-state index in [9.17, 15) is 9.59 Å². The Hall–Kier alpha value is -1.16. The molecule has 0 amide bonds. The topological polar surface area (TPSA) is 63.6 Å². The number of hydrogen-bond donors (Lipinski definition) is 1. The highest BCUT2D eigenvalue weighted by atomic mass is 16.5. The fourth-order valence-corrected chi connectivity index (χ4v) is 1.20. The van der Waals surface area contributed by atoms with E-state index >= 15 is 0 Å². The van der Waals surface area contributed by atoms with Crippen molar-refractivity contribution in [3.63, 3.8) is 0 Å². The van der Waals surface area contributed by atoms with Crippen LogP contribution in [0.1, 0.15) is 12.8 Å². The molecule has 4 heteroatoms. The van der Waals surface area contributed by atoms with Crippen molar-refractivity contribution in [3.8, 4) is 0 Å². The summed E-state index contributed by atoms with van der Waals surface area (Å²) in [6, 6.07) is 0. The van der Waals surface area contributed by atoms with E-state index in [0.29, 0.717) is 13.2 Å². The van der Waals surface area contributed by atoms with Crippen molar-refractivity contribution < 1.29 is 19.4 Å². The van der Waals surface area contributed by atoms with Crippen LogP contribution in [-0.4, -0.2) is 30.1 Å². The second kappa shape index (κ2) is 4.77. The molecule has 1 N–H and O–H groups in total. The summed E-state index contributed by atoms with van der Waals surface area (Å²) >= 11 is 0. The molecule has 4 nitrogen and oxygen atoms in total. The number of allylic oxidation sites excluding steroid dienone is 1.